The summed E-state index contributed by atoms with van der Waals surface area (Å²) >= 11 is 11.1. The largest absolute Gasteiger partial charge is 0.276 e. The number of aromatic nitrogens is 1. The number of hydrogen-bond donors (Lipinski definition) is 0. The van der Waals surface area contributed by atoms with E-state index in [1.165, 1.54) is 12.3 Å². The molecule has 0 fully saturated rings. The van der Waals surface area contributed by atoms with Gasteiger partial charge in [-0.3, -0.25) is 9.78 Å². The van der Waals surface area contributed by atoms with Gasteiger partial charge in [0.05, 0.1) is 10.6 Å². The molecule has 0 N–H and O–H groups in total. The van der Waals surface area contributed by atoms with E-state index in [4.69, 9.17) is 23.2 Å². The van der Waals surface area contributed by atoms with E-state index >= 15 is 0 Å². The van der Waals surface area contributed by atoms with Gasteiger partial charge in [-0.15, -0.1) is 0 Å². The van der Waals surface area contributed by atoms with Crippen LogP contribution < -0.4 is 0 Å². The van der Waals surface area contributed by atoms with Gasteiger partial charge < -0.3 is 0 Å². The molecular weight excluding hydrogens is 264 g/mol. The molecule has 0 saturated carbocycles. The van der Waals surface area contributed by atoms with Crippen LogP contribution in [0.15, 0.2) is 36.7 Å². The van der Waals surface area contributed by atoms with Crippen molar-refractivity contribution < 1.29 is 9.18 Å². The Morgan fingerprint density at radius 3 is 2.71 bits per heavy atom. The summed E-state index contributed by atoms with van der Waals surface area (Å²) in [5, 5.41) is -0.670. The topological polar surface area (TPSA) is 30.0 Å². The predicted molar refractivity (Wildman–Crippen MR) is 64.8 cm³/mol. The van der Waals surface area contributed by atoms with E-state index in [-0.39, 0.29) is 16.1 Å². The van der Waals surface area contributed by atoms with Gasteiger partial charge in [-0.25, -0.2) is 4.39 Å². The lowest BCUT2D eigenvalue weighted by Gasteiger charge is -2.06. The van der Waals surface area contributed by atoms with Crippen LogP contribution in [0.3, 0.4) is 0 Å². The fraction of sp³-hybridized carbons (Fsp3) is 0. The number of benzene rings is 1. The summed E-state index contributed by atoms with van der Waals surface area (Å²) in [6, 6.07) is 5.77. The van der Waals surface area contributed by atoms with Crippen LogP contribution in [0.4, 0.5) is 4.39 Å². The zero-order valence-electron chi connectivity index (χ0n) is 8.45. The first-order valence-corrected chi connectivity index (χ1v) is 5.44. The van der Waals surface area contributed by atoms with Crippen molar-refractivity contribution in [2.45, 2.75) is 0 Å². The number of rotatable bonds is 2. The molecule has 0 atom stereocenters. The van der Waals surface area contributed by atoms with Crippen molar-refractivity contribution in [1.82, 2.24) is 4.98 Å². The third-order valence-corrected chi connectivity index (χ3v) is 2.76. The van der Waals surface area contributed by atoms with Gasteiger partial charge in [0.25, 0.3) is 5.24 Å². The summed E-state index contributed by atoms with van der Waals surface area (Å²) in [5.74, 6) is -0.564. The van der Waals surface area contributed by atoms with Gasteiger partial charge in [0.15, 0.2) is 0 Å². The van der Waals surface area contributed by atoms with E-state index in [9.17, 15) is 9.18 Å². The molecule has 0 amide bonds. The molecule has 5 heteroatoms. The highest BCUT2D eigenvalue weighted by molar-refractivity contribution is 6.68. The zero-order chi connectivity index (χ0) is 12.4. The monoisotopic (exact) mass is 269 g/mol. The molecular formula is C12H6Cl2FNO. The van der Waals surface area contributed by atoms with Crippen molar-refractivity contribution in [2.24, 2.45) is 0 Å². The van der Waals surface area contributed by atoms with Gasteiger partial charge in [-0.2, -0.15) is 0 Å². The summed E-state index contributed by atoms with van der Waals surface area (Å²) in [6.45, 7) is 0. The molecule has 0 bridgehead atoms. The summed E-state index contributed by atoms with van der Waals surface area (Å²) in [5.41, 5.74) is 0.823. The highest BCUT2D eigenvalue weighted by atomic mass is 35.5. The Balaban J connectivity index is 2.58. The maximum absolute atomic E-state index is 13.8. The maximum atomic E-state index is 13.8. The first-order valence-electron chi connectivity index (χ1n) is 4.69. The van der Waals surface area contributed by atoms with Crippen molar-refractivity contribution in [3.8, 4) is 11.1 Å². The first-order chi connectivity index (χ1) is 8.09. The SMILES string of the molecule is O=C(Cl)c1cc(F)c(-c2cccnc2)cc1Cl. The average Bonchev–Trinajstić information content (AvgIpc) is 2.32. The second-order valence-corrected chi connectivity index (χ2v) is 4.08. The Kier molecular flexibility index (Phi) is 3.41. The molecule has 2 nitrogen and oxygen atoms in total. The van der Waals surface area contributed by atoms with Gasteiger partial charge in [0.2, 0.25) is 0 Å². The molecule has 0 saturated heterocycles. The molecule has 2 aromatic rings. The van der Waals surface area contributed by atoms with E-state index in [2.05, 4.69) is 4.98 Å². The summed E-state index contributed by atoms with van der Waals surface area (Å²) in [7, 11) is 0. The van der Waals surface area contributed by atoms with Crippen LogP contribution in [0.5, 0.6) is 0 Å². The van der Waals surface area contributed by atoms with Crippen molar-refractivity contribution in [3.63, 3.8) is 0 Å². The van der Waals surface area contributed by atoms with Crippen LogP contribution in [-0.4, -0.2) is 10.2 Å². The van der Waals surface area contributed by atoms with Gasteiger partial charge >= 0.3 is 0 Å². The molecule has 1 aromatic carbocycles. The Bertz CT molecular complexity index is 572. The number of carbonyl (C=O) groups is 1. The van der Waals surface area contributed by atoms with Crippen LogP contribution in [0.25, 0.3) is 11.1 Å². The lowest BCUT2D eigenvalue weighted by atomic mass is 10.1. The van der Waals surface area contributed by atoms with Crippen LogP contribution >= 0.6 is 23.2 Å². The summed E-state index contributed by atoms with van der Waals surface area (Å²) < 4.78 is 13.8. The Morgan fingerprint density at radius 1 is 1.35 bits per heavy atom. The Hall–Kier alpha value is -1.45. The fourth-order valence-corrected chi connectivity index (χ4v) is 1.89. The van der Waals surface area contributed by atoms with Crippen LogP contribution in [-0.2, 0) is 0 Å². The normalized spacial score (nSPS) is 10.3. The van der Waals surface area contributed by atoms with Crippen molar-refractivity contribution >= 4 is 28.4 Å². The van der Waals surface area contributed by atoms with Crippen LogP contribution in [0, 0.1) is 5.82 Å². The Labute approximate surface area is 107 Å². The molecule has 86 valence electrons. The highest BCUT2D eigenvalue weighted by Crippen LogP contribution is 2.29. The second kappa shape index (κ2) is 4.82. The average molecular weight is 270 g/mol. The molecule has 0 aliphatic rings. The second-order valence-electron chi connectivity index (χ2n) is 3.33. The number of halogens is 3. The first kappa shape index (κ1) is 12.0. The van der Waals surface area contributed by atoms with E-state index < -0.39 is 11.1 Å². The fourth-order valence-electron chi connectivity index (χ4n) is 1.44. The van der Waals surface area contributed by atoms with Gasteiger partial charge in [-0.05, 0) is 29.8 Å². The predicted octanol–water partition coefficient (Wildman–Crippen LogP) is 3.92. The van der Waals surface area contributed by atoms with Crippen molar-refractivity contribution in [2.75, 3.05) is 0 Å². The molecule has 0 radical (unpaired) electrons. The summed E-state index contributed by atoms with van der Waals surface area (Å²) in [4.78, 5) is 14.9. The third-order valence-electron chi connectivity index (χ3n) is 2.24. The molecule has 0 aliphatic carbocycles. The van der Waals surface area contributed by atoms with E-state index in [1.807, 2.05) is 0 Å². The van der Waals surface area contributed by atoms with Crippen molar-refractivity contribution in [3.05, 3.63) is 53.1 Å². The van der Waals surface area contributed by atoms with Gasteiger partial charge in [0, 0.05) is 23.5 Å². The van der Waals surface area contributed by atoms with E-state index in [0.29, 0.717) is 5.56 Å². The zero-order valence-corrected chi connectivity index (χ0v) is 9.97. The quantitative estimate of drug-likeness (QED) is 0.774. The molecule has 1 aromatic heterocycles. The van der Waals surface area contributed by atoms with Crippen molar-refractivity contribution in [1.29, 1.82) is 0 Å². The molecule has 0 unspecified atom stereocenters. The van der Waals surface area contributed by atoms with Gasteiger partial charge in [0.1, 0.15) is 5.82 Å². The number of carbonyl (C=O) groups excluding carboxylic acids is 1. The molecule has 1 heterocycles. The number of nitrogens with zero attached hydrogens (tertiary/aromatic N) is 1. The number of hydrogen-bond acceptors (Lipinski definition) is 2. The van der Waals surface area contributed by atoms with E-state index in [0.717, 1.165) is 6.07 Å². The summed E-state index contributed by atoms with van der Waals surface area (Å²) in [6.07, 6.45) is 3.09. The number of pyridine rings is 1. The third kappa shape index (κ3) is 2.46. The minimum Gasteiger partial charge on any atom is -0.276 e. The molecule has 0 spiro atoms. The molecule has 2 rings (SSSR count). The standard InChI is InChI=1S/C12H6Cl2FNO/c13-10-4-8(7-2-1-3-16-6-7)11(15)5-9(10)12(14)17/h1-6H. The lowest BCUT2D eigenvalue weighted by Crippen LogP contribution is -1.94. The van der Waals surface area contributed by atoms with Crippen LogP contribution in [0.2, 0.25) is 5.02 Å². The van der Waals surface area contributed by atoms with Gasteiger partial charge in [-0.1, -0.05) is 17.7 Å². The molecule has 0 aliphatic heterocycles. The smallest absolute Gasteiger partial charge is 0.253 e. The van der Waals surface area contributed by atoms with Crippen LogP contribution in [0.1, 0.15) is 10.4 Å². The maximum Gasteiger partial charge on any atom is 0.253 e. The molecule has 17 heavy (non-hydrogen) atoms. The van der Waals surface area contributed by atoms with E-state index in [1.54, 1.807) is 18.3 Å². The highest BCUT2D eigenvalue weighted by Gasteiger charge is 2.14. The Morgan fingerprint density at radius 2 is 2.12 bits per heavy atom. The lowest BCUT2D eigenvalue weighted by molar-refractivity contribution is 0.108. The minimum absolute atomic E-state index is 0.0431. The minimum atomic E-state index is -0.786.